The van der Waals surface area contributed by atoms with Gasteiger partial charge in [0.05, 0.1) is 0 Å². The minimum Gasteiger partial charge on any atom is -0.383 e. The number of hydrogen-bond donors (Lipinski definition) is 1. The van der Waals surface area contributed by atoms with Crippen molar-refractivity contribution < 1.29 is 6.54 Å². The molecule has 1 aliphatic rings. The Morgan fingerprint density at radius 3 is 3.00 bits per heavy atom. The lowest BCUT2D eigenvalue weighted by molar-refractivity contribution is 0.365. The SMILES string of the molecule is [2H]O[C]C1CC1. The maximum atomic E-state index is 6.16. The molecule has 0 aliphatic heterocycles. The topological polar surface area (TPSA) is 20.2 Å². The average Bonchev–Trinajstić information content (AvgIpc) is 2.21. The van der Waals surface area contributed by atoms with Crippen LogP contribution in [-0.2, 0) is 0 Å². The summed E-state index contributed by atoms with van der Waals surface area (Å²) in [5, 5.41) is 3.87. The van der Waals surface area contributed by atoms with Crippen LogP contribution in [0.5, 0.6) is 0 Å². The summed E-state index contributed by atoms with van der Waals surface area (Å²) in [5.41, 5.74) is 0. The summed E-state index contributed by atoms with van der Waals surface area (Å²) in [6.07, 6.45) is 2.33. The molecule has 28 valence electrons. The van der Waals surface area contributed by atoms with Gasteiger partial charge in [0, 0.05) is 0 Å². The summed E-state index contributed by atoms with van der Waals surface area (Å²) in [6.45, 7) is 2.49. The summed E-state index contributed by atoms with van der Waals surface area (Å²) >= 11 is 0. The van der Waals surface area contributed by atoms with E-state index in [-0.39, 0.29) is 0 Å². The van der Waals surface area contributed by atoms with Crippen LogP contribution in [0.3, 0.4) is 0 Å². The molecule has 0 atom stereocenters. The van der Waals surface area contributed by atoms with Crippen LogP contribution in [0.2, 0.25) is 0 Å². The van der Waals surface area contributed by atoms with E-state index in [2.05, 4.69) is 11.7 Å². The molecule has 1 heteroatoms. The van der Waals surface area contributed by atoms with Gasteiger partial charge in [0.2, 0.25) is 1.43 Å². The molecule has 1 N–H and O–H groups in total. The van der Waals surface area contributed by atoms with Crippen molar-refractivity contribution in [2.24, 2.45) is 5.92 Å². The van der Waals surface area contributed by atoms with E-state index in [0.29, 0.717) is 5.92 Å². The highest BCUT2D eigenvalue weighted by atomic mass is 16.3. The van der Waals surface area contributed by atoms with E-state index in [1.807, 2.05) is 0 Å². The van der Waals surface area contributed by atoms with E-state index in [1.165, 1.54) is 12.8 Å². The third-order valence-electron chi connectivity index (χ3n) is 0.744. The Morgan fingerprint density at radius 2 is 2.80 bits per heavy atom. The van der Waals surface area contributed by atoms with Gasteiger partial charge in [-0.3, -0.25) is 0 Å². The number of rotatable bonds is 2. The van der Waals surface area contributed by atoms with Crippen molar-refractivity contribution in [1.29, 1.82) is 0 Å². The lowest BCUT2D eigenvalue weighted by atomic mass is 10.5. The Balaban J connectivity index is 1.88. The quantitative estimate of drug-likeness (QED) is 0.510. The van der Waals surface area contributed by atoms with Gasteiger partial charge < -0.3 is 5.11 Å². The standard InChI is InChI=1S/C4H6O/c5-3-4-1-2-4/h4-5H,1-2H2/i5D. The van der Waals surface area contributed by atoms with Gasteiger partial charge in [0.1, 0.15) is 6.61 Å². The number of aliphatic hydroxyl groups excluding tert-OH is 1. The van der Waals surface area contributed by atoms with E-state index in [1.54, 1.807) is 0 Å². The number of aliphatic hydroxyl groups is 1. The van der Waals surface area contributed by atoms with Crippen LogP contribution in [0, 0.1) is 12.5 Å². The molecule has 5 heavy (non-hydrogen) atoms. The highest BCUT2D eigenvalue weighted by Crippen LogP contribution is 2.29. The summed E-state index contributed by atoms with van der Waals surface area (Å²) in [6, 6.07) is 0. The first-order valence-electron chi connectivity index (χ1n) is 2.22. The van der Waals surface area contributed by atoms with Crippen molar-refractivity contribution in [1.82, 2.24) is 0 Å². The van der Waals surface area contributed by atoms with Gasteiger partial charge in [-0.05, 0) is 18.8 Å². The van der Waals surface area contributed by atoms with Gasteiger partial charge >= 0.3 is 0 Å². The molecule has 0 saturated heterocycles. The fourth-order valence-electron chi connectivity index (χ4n) is 0.201. The molecule has 0 aromatic heterocycles. The van der Waals surface area contributed by atoms with E-state index < -0.39 is 0 Å². The maximum absolute atomic E-state index is 6.16. The van der Waals surface area contributed by atoms with Gasteiger partial charge in [-0.2, -0.15) is 0 Å². The highest BCUT2D eigenvalue weighted by Gasteiger charge is 2.20. The van der Waals surface area contributed by atoms with Crippen molar-refractivity contribution >= 4 is 0 Å². The van der Waals surface area contributed by atoms with Crippen molar-refractivity contribution in [3.05, 3.63) is 6.61 Å². The average molecular weight is 71.1 g/mol. The molecule has 1 nitrogen and oxygen atoms in total. The molecule has 0 spiro atoms. The van der Waals surface area contributed by atoms with Gasteiger partial charge in [0.25, 0.3) is 0 Å². The van der Waals surface area contributed by atoms with Crippen molar-refractivity contribution in [3.8, 4) is 0 Å². The molecular weight excluding hydrogens is 64.0 g/mol. The summed E-state index contributed by atoms with van der Waals surface area (Å²) in [4.78, 5) is 0. The van der Waals surface area contributed by atoms with Gasteiger partial charge in [-0.1, -0.05) is 0 Å². The van der Waals surface area contributed by atoms with Crippen LogP contribution in [0.25, 0.3) is 0 Å². The first kappa shape index (κ1) is 2.19. The molecule has 0 amide bonds. The molecule has 1 fully saturated rings. The minimum atomic E-state index is 0.488. The molecular formula is C4H6O. The fraction of sp³-hybridized carbons (Fsp3) is 0.750. The van der Waals surface area contributed by atoms with Crippen LogP contribution in [0.4, 0.5) is 0 Å². The first-order valence-corrected chi connectivity index (χ1v) is 1.81. The fourth-order valence-corrected chi connectivity index (χ4v) is 0.201. The summed E-state index contributed by atoms with van der Waals surface area (Å²) in [7, 11) is 0. The molecule has 0 heterocycles. The Kier molecular flexibility index (Phi) is 0.428. The zero-order valence-corrected chi connectivity index (χ0v) is 2.90. The second-order valence-electron chi connectivity index (χ2n) is 1.39. The van der Waals surface area contributed by atoms with Crippen molar-refractivity contribution in [2.75, 3.05) is 0 Å². The van der Waals surface area contributed by atoms with E-state index >= 15 is 0 Å². The molecule has 0 bridgehead atoms. The van der Waals surface area contributed by atoms with Crippen LogP contribution >= 0.6 is 0 Å². The van der Waals surface area contributed by atoms with Crippen molar-refractivity contribution in [3.63, 3.8) is 0 Å². The maximum Gasteiger partial charge on any atom is 0.211 e. The third kappa shape index (κ3) is 0.618. The molecule has 1 aliphatic carbocycles. The second kappa shape index (κ2) is 0.977. The third-order valence-corrected chi connectivity index (χ3v) is 0.744. The largest absolute Gasteiger partial charge is 0.383 e. The first-order chi connectivity index (χ1) is 2.93. The zero-order valence-electron chi connectivity index (χ0n) is 3.90. The predicted molar refractivity (Wildman–Crippen MR) is 17.9 cm³/mol. The monoisotopic (exact) mass is 71.0 g/mol. The van der Waals surface area contributed by atoms with Crippen LogP contribution < -0.4 is 0 Å². The Hall–Kier alpha value is -0.0400. The summed E-state index contributed by atoms with van der Waals surface area (Å²) in [5.74, 6) is 0.488. The highest BCUT2D eigenvalue weighted by molar-refractivity contribution is 4.78. The summed E-state index contributed by atoms with van der Waals surface area (Å²) < 4.78 is 6.16. The molecule has 0 aromatic rings. The molecule has 1 saturated carbocycles. The zero-order chi connectivity index (χ0) is 4.41. The van der Waals surface area contributed by atoms with E-state index in [4.69, 9.17) is 1.43 Å². The predicted octanol–water partition coefficient (Wildman–Crippen LogP) is 0.808. The Morgan fingerprint density at radius 1 is 2.00 bits per heavy atom. The molecule has 1 rings (SSSR count). The van der Waals surface area contributed by atoms with Crippen molar-refractivity contribution in [2.45, 2.75) is 12.8 Å². The minimum absolute atomic E-state index is 0.488. The Labute approximate surface area is 33.1 Å². The number of hydrogen-bond acceptors (Lipinski definition) is 1. The smallest absolute Gasteiger partial charge is 0.211 e. The lowest BCUT2D eigenvalue weighted by Gasteiger charge is -1.70. The van der Waals surface area contributed by atoms with E-state index in [9.17, 15) is 0 Å². The second-order valence-corrected chi connectivity index (χ2v) is 1.39. The van der Waals surface area contributed by atoms with Gasteiger partial charge in [-0.25, -0.2) is 0 Å². The lowest BCUT2D eigenvalue weighted by Crippen LogP contribution is -1.67. The molecule has 2 radical (unpaired) electrons. The van der Waals surface area contributed by atoms with Gasteiger partial charge in [-0.15, -0.1) is 0 Å². The Bertz CT molecular complexity index is 42.8. The van der Waals surface area contributed by atoms with Crippen LogP contribution in [0.1, 0.15) is 14.3 Å². The normalized spacial score (nSPS) is 26.0. The van der Waals surface area contributed by atoms with Crippen LogP contribution in [0.15, 0.2) is 0 Å². The van der Waals surface area contributed by atoms with Crippen LogP contribution in [-0.4, -0.2) is 5.11 Å². The molecule has 0 unspecified atom stereocenters. The molecule has 0 aromatic carbocycles. The van der Waals surface area contributed by atoms with E-state index in [0.717, 1.165) is 0 Å². The van der Waals surface area contributed by atoms with Gasteiger partial charge in [0.15, 0.2) is 0 Å².